The molecule has 1 aromatic rings. The first-order chi connectivity index (χ1) is 8.97. The van der Waals surface area contributed by atoms with Crippen molar-refractivity contribution in [1.29, 1.82) is 0 Å². The molecule has 1 atom stereocenters. The van der Waals surface area contributed by atoms with Gasteiger partial charge in [0.05, 0.1) is 12.2 Å². The van der Waals surface area contributed by atoms with E-state index in [0.717, 1.165) is 36.5 Å². The van der Waals surface area contributed by atoms with Gasteiger partial charge in [0, 0.05) is 12.1 Å². The van der Waals surface area contributed by atoms with Crippen molar-refractivity contribution in [1.82, 2.24) is 0 Å². The van der Waals surface area contributed by atoms with Crippen molar-refractivity contribution >= 4 is 11.5 Å². The largest absolute Gasteiger partial charge is 0.487 e. The number of nitrogens with zero attached hydrogens (tertiary/aromatic N) is 1. The number of fused-ring (bicyclic) bond motifs is 1. The highest BCUT2D eigenvalue weighted by Crippen LogP contribution is 2.34. The average molecular weight is 261 g/mol. The summed E-state index contributed by atoms with van der Waals surface area (Å²) in [4.78, 5) is 13.9. The lowest BCUT2D eigenvalue weighted by molar-refractivity contribution is 0.101. The van der Waals surface area contributed by atoms with Gasteiger partial charge in [-0.3, -0.25) is 4.79 Å². The van der Waals surface area contributed by atoms with Gasteiger partial charge in [0.2, 0.25) is 0 Å². The zero-order valence-electron chi connectivity index (χ0n) is 12.3. The molecule has 1 unspecified atom stereocenters. The standard InChI is InChI=1S/C16H23NO2/c1-11(2)7-8-17-10-12(3)19-16-6-5-14(13(4)18)9-15(16)17/h5-6,9,11-12H,7-8,10H2,1-4H3. The van der Waals surface area contributed by atoms with Crippen molar-refractivity contribution in [3.63, 3.8) is 0 Å². The number of carbonyl (C=O) groups is 1. The molecule has 1 aliphatic heterocycles. The third-order valence-electron chi connectivity index (χ3n) is 3.49. The molecule has 0 saturated carbocycles. The predicted octanol–water partition coefficient (Wildman–Crippen LogP) is 3.52. The van der Waals surface area contributed by atoms with Crippen LogP contribution in [0.2, 0.25) is 0 Å². The van der Waals surface area contributed by atoms with Gasteiger partial charge in [-0.05, 0) is 44.4 Å². The summed E-state index contributed by atoms with van der Waals surface area (Å²) < 4.78 is 5.85. The fourth-order valence-corrected chi connectivity index (χ4v) is 2.37. The lowest BCUT2D eigenvalue weighted by Gasteiger charge is -2.35. The Morgan fingerprint density at radius 2 is 2.21 bits per heavy atom. The molecule has 19 heavy (non-hydrogen) atoms. The number of hydrogen-bond donors (Lipinski definition) is 0. The Balaban J connectivity index is 2.27. The highest BCUT2D eigenvalue weighted by Gasteiger charge is 2.23. The van der Waals surface area contributed by atoms with Gasteiger partial charge in [-0.25, -0.2) is 0 Å². The van der Waals surface area contributed by atoms with E-state index in [2.05, 4.69) is 25.7 Å². The second-order valence-electron chi connectivity index (χ2n) is 5.80. The Labute approximate surface area is 115 Å². The molecule has 0 amide bonds. The normalized spacial score (nSPS) is 18.2. The molecule has 1 aromatic carbocycles. The van der Waals surface area contributed by atoms with Crippen molar-refractivity contribution in [3.8, 4) is 5.75 Å². The number of rotatable bonds is 4. The van der Waals surface area contributed by atoms with Crippen LogP contribution in [0.5, 0.6) is 5.75 Å². The maximum absolute atomic E-state index is 11.5. The number of carbonyl (C=O) groups excluding carboxylic acids is 1. The van der Waals surface area contributed by atoms with Crippen LogP contribution in [0.4, 0.5) is 5.69 Å². The molecule has 0 saturated heterocycles. The van der Waals surface area contributed by atoms with Gasteiger partial charge in [0.15, 0.2) is 5.78 Å². The van der Waals surface area contributed by atoms with E-state index in [0.29, 0.717) is 5.92 Å². The number of ketones is 1. The molecule has 0 aromatic heterocycles. The van der Waals surface area contributed by atoms with Gasteiger partial charge >= 0.3 is 0 Å². The minimum atomic E-state index is 0.102. The van der Waals surface area contributed by atoms with Gasteiger partial charge in [-0.1, -0.05) is 13.8 Å². The van der Waals surface area contributed by atoms with Gasteiger partial charge in [-0.2, -0.15) is 0 Å². The van der Waals surface area contributed by atoms with E-state index in [1.165, 1.54) is 0 Å². The summed E-state index contributed by atoms with van der Waals surface area (Å²) in [5.74, 6) is 1.68. The first-order valence-electron chi connectivity index (χ1n) is 7.04. The van der Waals surface area contributed by atoms with Crippen LogP contribution in [0.15, 0.2) is 18.2 Å². The summed E-state index contributed by atoms with van der Waals surface area (Å²) in [5, 5.41) is 0. The van der Waals surface area contributed by atoms with Crippen molar-refractivity contribution in [2.45, 2.75) is 40.2 Å². The SMILES string of the molecule is CC(=O)c1ccc2c(c1)N(CCC(C)C)CC(C)O2. The van der Waals surface area contributed by atoms with Crippen LogP contribution in [0.3, 0.4) is 0 Å². The summed E-state index contributed by atoms with van der Waals surface area (Å²) in [6.45, 7) is 10.1. The van der Waals surface area contributed by atoms with Crippen molar-refractivity contribution in [2.24, 2.45) is 5.92 Å². The van der Waals surface area contributed by atoms with Crippen molar-refractivity contribution in [3.05, 3.63) is 23.8 Å². The Kier molecular flexibility index (Phi) is 4.13. The lowest BCUT2D eigenvalue weighted by atomic mass is 10.1. The maximum atomic E-state index is 11.5. The average Bonchev–Trinajstić information content (AvgIpc) is 2.35. The van der Waals surface area contributed by atoms with E-state index >= 15 is 0 Å². The van der Waals surface area contributed by atoms with Crippen molar-refractivity contribution in [2.75, 3.05) is 18.0 Å². The molecule has 0 N–H and O–H groups in total. The number of Topliss-reactive ketones (excluding diaryl/α,β-unsaturated/α-hetero) is 1. The maximum Gasteiger partial charge on any atom is 0.159 e. The summed E-state index contributed by atoms with van der Waals surface area (Å²) in [6.07, 6.45) is 1.35. The second kappa shape index (κ2) is 5.64. The molecule has 0 bridgehead atoms. The Hall–Kier alpha value is -1.51. The van der Waals surface area contributed by atoms with Crippen LogP contribution >= 0.6 is 0 Å². The monoisotopic (exact) mass is 261 g/mol. The topological polar surface area (TPSA) is 29.5 Å². The van der Waals surface area contributed by atoms with E-state index in [4.69, 9.17) is 4.74 Å². The number of hydrogen-bond acceptors (Lipinski definition) is 3. The Morgan fingerprint density at radius 1 is 1.47 bits per heavy atom. The van der Waals surface area contributed by atoms with E-state index < -0.39 is 0 Å². The minimum Gasteiger partial charge on any atom is -0.487 e. The molecular formula is C16H23NO2. The van der Waals surface area contributed by atoms with E-state index in [9.17, 15) is 4.79 Å². The third-order valence-corrected chi connectivity index (χ3v) is 3.49. The van der Waals surface area contributed by atoms with Gasteiger partial charge in [-0.15, -0.1) is 0 Å². The lowest BCUT2D eigenvalue weighted by Crippen LogP contribution is -2.39. The van der Waals surface area contributed by atoms with E-state index in [1.807, 2.05) is 18.2 Å². The van der Waals surface area contributed by atoms with E-state index in [-0.39, 0.29) is 11.9 Å². The highest BCUT2D eigenvalue weighted by molar-refractivity contribution is 5.95. The minimum absolute atomic E-state index is 0.102. The molecule has 1 heterocycles. The first kappa shape index (κ1) is 13.9. The molecule has 0 fully saturated rings. The smallest absolute Gasteiger partial charge is 0.159 e. The van der Waals surface area contributed by atoms with Crippen LogP contribution in [0, 0.1) is 5.92 Å². The van der Waals surface area contributed by atoms with Crippen LogP contribution in [0.25, 0.3) is 0 Å². The fraction of sp³-hybridized carbons (Fsp3) is 0.562. The molecule has 0 spiro atoms. The fourth-order valence-electron chi connectivity index (χ4n) is 2.37. The van der Waals surface area contributed by atoms with Crippen LogP contribution in [-0.2, 0) is 0 Å². The van der Waals surface area contributed by atoms with E-state index in [1.54, 1.807) is 6.92 Å². The number of ether oxygens (including phenoxy) is 1. The zero-order valence-corrected chi connectivity index (χ0v) is 12.3. The summed E-state index contributed by atoms with van der Waals surface area (Å²) in [7, 11) is 0. The van der Waals surface area contributed by atoms with Gasteiger partial charge in [0.1, 0.15) is 11.9 Å². The van der Waals surface area contributed by atoms with Crippen LogP contribution in [0.1, 0.15) is 44.5 Å². The summed E-state index contributed by atoms with van der Waals surface area (Å²) in [6, 6.07) is 5.73. The summed E-state index contributed by atoms with van der Waals surface area (Å²) in [5.41, 5.74) is 1.82. The zero-order chi connectivity index (χ0) is 14.0. The molecule has 1 aliphatic rings. The Bertz CT molecular complexity index is 468. The molecule has 0 aliphatic carbocycles. The predicted molar refractivity (Wildman–Crippen MR) is 78.2 cm³/mol. The Morgan fingerprint density at radius 3 is 2.84 bits per heavy atom. The van der Waals surface area contributed by atoms with Gasteiger partial charge < -0.3 is 9.64 Å². The molecule has 3 heteroatoms. The molecule has 2 rings (SSSR count). The van der Waals surface area contributed by atoms with Crippen molar-refractivity contribution < 1.29 is 9.53 Å². The highest BCUT2D eigenvalue weighted by atomic mass is 16.5. The molecule has 0 radical (unpaired) electrons. The third kappa shape index (κ3) is 3.28. The van der Waals surface area contributed by atoms with Crippen LogP contribution in [-0.4, -0.2) is 25.0 Å². The molecular weight excluding hydrogens is 238 g/mol. The second-order valence-corrected chi connectivity index (χ2v) is 5.80. The molecule has 104 valence electrons. The summed E-state index contributed by atoms with van der Waals surface area (Å²) >= 11 is 0. The number of anilines is 1. The van der Waals surface area contributed by atoms with Crippen LogP contribution < -0.4 is 9.64 Å². The quantitative estimate of drug-likeness (QED) is 0.777. The number of benzene rings is 1. The molecule has 3 nitrogen and oxygen atoms in total. The van der Waals surface area contributed by atoms with Gasteiger partial charge in [0.25, 0.3) is 0 Å². The first-order valence-corrected chi connectivity index (χ1v) is 7.04.